The Morgan fingerprint density at radius 1 is 1.64 bits per heavy atom. The van der Waals surface area contributed by atoms with Crippen LogP contribution in [0.25, 0.3) is 0 Å². The smallest absolute Gasteiger partial charge is 0.240 e. The van der Waals surface area contributed by atoms with Crippen molar-refractivity contribution in [2.75, 3.05) is 0 Å². The molecule has 1 heterocycles. The van der Waals surface area contributed by atoms with Crippen molar-refractivity contribution < 1.29 is 9.90 Å². The van der Waals surface area contributed by atoms with Gasteiger partial charge in [0, 0.05) is 17.9 Å². The Morgan fingerprint density at radius 2 is 2.36 bits per heavy atom. The van der Waals surface area contributed by atoms with E-state index in [2.05, 4.69) is 5.32 Å². The van der Waals surface area contributed by atoms with Gasteiger partial charge in [-0.3, -0.25) is 4.79 Å². The molecule has 1 amide bonds. The molecule has 0 aromatic carbocycles. The van der Waals surface area contributed by atoms with Gasteiger partial charge in [0.05, 0.1) is 6.61 Å². The van der Waals surface area contributed by atoms with E-state index in [1.807, 2.05) is 19.9 Å². The van der Waals surface area contributed by atoms with E-state index in [4.69, 9.17) is 5.11 Å². The SMILES string of the molecule is CC(C)NC(=O)Cn1cccc1CO. The van der Waals surface area contributed by atoms with Gasteiger partial charge in [-0.05, 0) is 26.0 Å². The molecule has 14 heavy (non-hydrogen) atoms. The molecular weight excluding hydrogens is 180 g/mol. The number of aliphatic hydroxyl groups is 1. The van der Waals surface area contributed by atoms with Crippen LogP contribution in [0.1, 0.15) is 19.5 Å². The fourth-order valence-electron chi connectivity index (χ4n) is 1.27. The van der Waals surface area contributed by atoms with E-state index < -0.39 is 0 Å². The molecule has 0 aliphatic heterocycles. The maximum absolute atomic E-state index is 11.4. The first-order valence-corrected chi connectivity index (χ1v) is 4.67. The van der Waals surface area contributed by atoms with Gasteiger partial charge in [0.1, 0.15) is 6.54 Å². The van der Waals surface area contributed by atoms with Crippen LogP contribution >= 0.6 is 0 Å². The number of amides is 1. The topological polar surface area (TPSA) is 54.3 Å². The van der Waals surface area contributed by atoms with Gasteiger partial charge < -0.3 is 15.0 Å². The number of carbonyl (C=O) groups is 1. The Bertz CT molecular complexity index is 305. The summed E-state index contributed by atoms with van der Waals surface area (Å²) in [4.78, 5) is 11.4. The van der Waals surface area contributed by atoms with Gasteiger partial charge in [0.15, 0.2) is 0 Å². The molecule has 0 atom stereocenters. The summed E-state index contributed by atoms with van der Waals surface area (Å²) in [6, 6.07) is 3.76. The van der Waals surface area contributed by atoms with Crippen LogP contribution < -0.4 is 5.32 Å². The Morgan fingerprint density at radius 3 is 2.93 bits per heavy atom. The predicted octanol–water partition coefficient (Wildman–Crippen LogP) is 0.505. The lowest BCUT2D eigenvalue weighted by atomic mass is 10.4. The summed E-state index contributed by atoms with van der Waals surface area (Å²) in [7, 11) is 0. The van der Waals surface area contributed by atoms with Crippen LogP contribution in [0.2, 0.25) is 0 Å². The molecule has 0 unspecified atom stereocenters. The number of nitrogens with one attached hydrogen (secondary N) is 1. The van der Waals surface area contributed by atoms with E-state index in [1.165, 1.54) is 0 Å². The molecule has 1 aromatic heterocycles. The molecule has 0 saturated carbocycles. The Balaban J connectivity index is 2.55. The third kappa shape index (κ3) is 2.88. The fraction of sp³-hybridized carbons (Fsp3) is 0.500. The maximum atomic E-state index is 11.4. The highest BCUT2D eigenvalue weighted by molar-refractivity contribution is 5.76. The molecule has 4 nitrogen and oxygen atoms in total. The summed E-state index contributed by atoms with van der Waals surface area (Å²) in [5.41, 5.74) is 0.754. The van der Waals surface area contributed by atoms with Crippen molar-refractivity contribution >= 4 is 5.91 Å². The minimum absolute atomic E-state index is 0.0362. The van der Waals surface area contributed by atoms with Crippen molar-refractivity contribution in [2.24, 2.45) is 0 Å². The molecule has 0 aliphatic carbocycles. The molecule has 0 radical (unpaired) electrons. The van der Waals surface area contributed by atoms with Crippen LogP contribution in [0.4, 0.5) is 0 Å². The van der Waals surface area contributed by atoms with Crippen LogP contribution in [-0.2, 0) is 17.9 Å². The third-order valence-electron chi connectivity index (χ3n) is 1.85. The largest absolute Gasteiger partial charge is 0.390 e. The van der Waals surface area contributed by atoms with Crippen molar-refractivity contribution in [3.63, 3.8) is 0 Å². The highest BCUT2D eigenvalue weighted by Crippen LogP contribution is 2.01. The monoisotopic (exact) mass is 196 g/mol. The number of hydrogen-bond acceptors (Lipinski definition) is 2. The van der Waals surface area contributed by atoms with E-state index in [1.54, 1.807) is 16.8 Å². The van der Waals surface area contributed by atoms with E-state index in [9.17, 15) is 4.79 Å². The first-order chi connectivity index (χ1) is 6.63. The summed E-state index contributed by atoms with van der Waals surface area (Å²) in [6.45, 7) is 4.06. The molecule has 0 saturated heterocycles. The highest BCUT2D eigenvalue weighted by Gasteiger charge is 2.06. The fourth-order valence-corrected chi connectivity index (χ4v) is 1.27. The lowest BCUT2D eigenvalue weighted by Gasteiger charge is -2.10. The molecule has 2 N–H and O–H groups in total. The molecule has 1 rings (SSSR count). The van der Waals surface area contributed by atoms with E-state index in [0.717, 1.165) is 5.69 Å². The van der Waals surface area contributed by atoms with Gasteiger partial charge >= 0.3 is 0 Å². The Kier molecular flexibility index (Phi) is 3.71. The van der Waals surface area contributed by atoms with Crippen LogP contribution in [-0.4, -0.2) is 21.6 Å². The number of rotatable bonds is 4. The average Bonchev–Trinajstić information content (AvgIpc) is 2.50. The summed E-state index contributed by atoms with van der Waals surface area (Å²) < 4.78 is 1.73. The average molecular weight is 196 g/mol. The minimum atomic E-state index is -0.0397. The number of aromatic nitrogens is 1. The molecule has 0 bridgehead atoms. The minimum Gasteiger partial charge on any atom is -0.390 e. The number of carbonyl (C=O) groups excluding carboxylic acids is 1. The first-order valence-electron chi connectivity index (χ1n) is 4.67. The van der Waals surface area contributed by atoms with Crippen LogP contribution in [0.5, 0.6) is 0 Å². The van der Waals surface area contributed by atoms with Gasteiger partial charge in [0.2, 0.25) is 5.91 Å². The predicted molar refractivity (Wildman–Crippen MR) is 53.6 cm³/mol. The zero-order chi connectivity index (χ0) is 10.6. The summed E-state index contributed by atoms with van der Waals surface area (Å²) in [5, 5.41) is 11.7. The van der Waals surface area contributed by atoms with E-state index >= 15 is 0 Å². The molecule has 4 heteroatoms. The van der Waals surface area contributed by atoms with Gasteiger partial charge in [-0.2, -0.15) is 0 Å². The van der Waals surface area contributed by atoms with Crippen molar-refractivity contribution in [1.82, 2.24) is 9.88 Å². The third-order valence-corrected chi connectivity index (χ3v) is 1.85. The lowest BCUT2D eigenvalue weighted by Crippen LogP contribution is -2.33. The summed E-state index contributed by atoms with van der Waals surface area (Å²) in [5.74, 6) is -0.0362. The molecule has 1 aromatic rings. The molecular formula is C10H16N2O2. The van der Waals surface area contributed by atoms with Crippen LogP contribution in [0.15, 0.2) is 18.3 Å². The van der Waals surface area contributed by atoms with Gasteiger partial charge in [-0.25, -0.2) is 0 Å². The van der Waals surface area contributed by atoms with Gasteiger partial charge in [-0.15, -0.1) is 0 Å². The molecule has 78 valence electrons. The second-order valence-electron chi connectivity index (χ2n) is 3.51. The van der Waals surface area contributed by atoms with Crippen LogP contribution in [0.3, 0.4) is 0 Å². The zero-order valence-corrected chi connectivity index (χ0v) is 8.53. The van der Waals surface area contributed by atoms with Gasteiger partial charge in [-0.1, -0.05) is 0 Å². The lowest BCUT2D eigenvalue weighted by molar-refractivity contribution is -0.122. The number of hydrogen-bond donors (Lipinski definition) is 2. The Labute approximate surface area is 83.5 Å². The molecule has 0 aliphatic rings. The highest BCUT2D eigenvalue weighted by atomic mass is 16.3. The normalized spacial score (nSPS) is 10.6. The first kappa shape index (κ1) is 10.8. The van der Waals surface area contributed by atoms with Crippen molar-refractivity contribution in [1.29, 1.82) is 0 Å². The van der Waals surface area contributed by atoms with Gasteiger partial charge in [0.25, 0.3) is 0 Å². The van der Waals surface area contributed by atoms with Crippen molar-refractivity contribution in [3.05, 3.63) is 24.0 Å². The number of aliphatic hydroxyl groups excluding tert-OH is 1. The molecule has 0 fully saturated rings. The quantitative estimate of drug-likeness (QED) is 0.737. The molecule has 0 spiro atoms. The Hall–Kier alpha value is -1.29. The number of nitrogens with zero attached hydrogens (tertiary/aromatic N) is 1. The van der Waals surface area contributed by atoms with Crippen molar-refractivity contribution in [3.8, 4) is 0 Å². The standard InChI is InChI=1S/C10H16N2O2/c1-8(2)11-10(14)6-12-5-3-4-9(12)7-13/h3-5,8,13H,6-7H2,1-2H3,(H,11,14). The van der Waals surface area contributed by atoms with Crippen molar-refractivity contribution in [2.45, 2.75) is 33.0 Å². The zero-order valence-electron chi connectivity index (χ0n) is 8.53. The maximum Gasteiger partial charge on any atom is 0.240 e. The van der Waals surface area contributed by atoms with E-state index in [-0.39, 0.29) is 25.1 Å². The van der Waals surface area contributed by atoms with Crippen LogP contribution in [0, 0.1) is 0 Å². The second-order valence-corrected chi connectivity index (χ2v) is 3.51. The summed E-state index contributed by atoms with van der Waals surface area (Å²) in [6.07, 6.45) is 1.78. The van der Waals surface area contributed by atoms with E-state index in [0.29, 0.717) is 0 Å². The summed E-state index contributed by atoms with van der Waals surface area (Å²) >= 11 is 0. The second kappa shape index (κ2) is 4.81.